The molecule has 2 atom stereocenters. The van der Waals surface area contributed by atoms with Crippen LogP contribution in [0.5, 0.6) is 0 Å². The maximum atomic E-state index is 11.7. The van der Waals surface area contributed by atoms with Gasteiger partial charge in [-0.3, -0.25) is 4.79 Å². The van der Waals surface area contributed by atoms with Crippen LogP contribution < -0.4 is 16.8 Å². The molecule has 1 amide bonds. The van der Waals surface area contributed by atoms with E-state index in [2.05, 4.69) is 5.32 Å². The Morgan fingerprint density at radius 1 is 1.50 bits per heavy atom. The summed E-state index contributed by atoms with van der Waals surface area (Å²) in [5.41, 5.74) is 13.9. The van der Waals surface area contributed by atoms with Gasteiger partial charge in [-0.25, -0.2) is 0 Å². The molecule has 1 aliphatic heterocycles. The molecule has 0 bridgehead atoms. The van der Waals surface area contributed by atoms with Gasteiger partial charge in [0.25, 0.3) is 0 Å². The Kier molecular flexibility index (Phi) is 2.66. The minimum atomic E-state index is -0.243. The van der Waals surface area contributed by atoms with Gasteiger partial charge in [0.1, 0.15) is 0 Å². The average molecular weight is 263 g/mol. The Hall–Kier alpha value is -1.04. The van der Waals surface area contributed by atoms with Gasteiger partial charge in [0, 0.05) is 16.5 Å². The Morgan fingerprint density at radius 3 is 2.89 bits per heavy atom. The molecule has 0 spiro atoms. The number of nitrogens with one attached hydrogen (secondary N) is 1. The summed E-state index contributed by atoms with van der Waals surface area (Å²) >= 11 is 1.58. The van der Waals surface area contributed by atoms with Gasteiger partial charge in [-0.1, -0.05) is 6.07 Å². The molecular weight excluding hydrogens is 246 g/mol. The molecule has 5 N–H and O–H groups in total. The summed E-state index contributed by atoms with van der Waals surface area (Å²) in [6, 6.07) is 5.86. The molecule has 1 saturated carbocycles. The predicted octanol–water partition coefficient (Wildman–Crippen LogP) is 1.61. The minimum Gasteiger partial charge on any atom is -0.324 e. The number of carbonyl (C=O) groups is 1. The smallest absolute Gasteiger partial charge is 0.237 e. The van der Waals surface area contributed by atoms with Crippen LogP contribution in [0.15, 0.2) is 23.1 Å². The first kappa shape index (κ1) is 12.0. The Bertz CT molecular complexity index is 513. The normalized spacial score (nSPS) is 26.2. The summed E-state index contributed by atoms with van der Waals surface area (Å²) < 4.78 is 0. The zero-order valence-corrected chi connectivity index (χ0v) is 11.1. The van der Waals surface area contributed by atoms with E-state index in [1.807, 2.05) is 25.1 Å². The number of benzene rings is 1. The first-order valence-corrected chi connectivity index (χ1v) is 7.03. The van der Waals surface area contributed by atoms with Gasteiger partial charge in [0.2, 0.25) is 5.91 Å². The monoisotopic (exact) mass is 263 g/mol. The summed E-state index contributed by atoms with van der Waals surface area (Å²) in [4.78, 5) is 12.8. The third kappa shape index (κ3) is 1.92. The van der Waals surface area contributed by atoms with Gasteiger partial charge < -0.3 is 16.8 Å². The summed E-state index contributed by atoms with van der Waals surface area (Å²) in [5, 5.41) is 2.88. The van der Waals surface area contributed by atoms with Gasteiger partial charge in [-0.2, -0.15) is 0 Å². The molecular formula is C13H17N3OS. The average Bonchev–Trinajstić information content (AvgIpc) is 3.09. The largest absolute Gasteiger partial charge is 0.324 e. The topological polar surface area (TPSA) is 81.1 Å². The molecule has 5 heteroatoms. The number of nitrogens with two attached hydrogens (primary N) is 2. The van der Waals surface area contributed by atoms with Gasteiger partial charge >= 0.3 is 0 Å². The molecule has 1 heterocycles. The summed E-state index contributed by atoms with van der Waals surface area (Å²) in [6.07, 6.45) is 1.95. The van der Waals surface area contributed by atoms with Gasteiger partial charge in [0.05, 0.1) is 10.9 Å². The van der Waals surface area contributed by atoms with Crippen LogP contribution in [-0.2, 0) is 4.79 Å². The van der Waals surface area contributed by atoms with E-state index >= 15 is 0 Å². The number of carbonyl (C=O) groups excluding carboxylic acids is 1. The van der Waals surface area contributed by atoms with E-state index in [4.69, 9.17) is 11.5 Å². The molecule has 0 aromatic heterocycles. The molecule has 1 aromatic rings. The van der Waals surface area contributed by atoms with E-state index in [9.17, 15) is 4.79 Å². The number of rotatable bonds is 2. The molecule has 2 unspecified atom stereocenters. The Balaban J connectivity index is 1.91. The van der Waals surface area contributed by atoms with E-state index in [1.54, 1.807) is 11.8 Å². The van der Waals surface area contributed by atoms with Crippen LogP contribution in [0, 0.1) is 0 Å². The second-order valence-electron chi connectivity index (χ2n) is 5.22. The lowest BCUT2D eigenvalue weighted by molar-refractivity contribution is -0.115. The fourth-order valence-corrected chi connectivity index (χ4v) is 3.14. The highest BCUT2D eigenvalue weighted by Crippen LogP contribution is 2.44. The van der Waals surface area contributed by atoms with E-state index in [0.29, 0.717) is 0 Å². The highest BCUT2D eigenvalue weighted by atomic mass is 32.2. The van der Waals surface area contributed by atoms with Gasteiger partial charge in [-0.05, 0) is 37.5 Å². The van der Waals surface area contributed by atoms with Crippen molar-refractivity contribution in [3.8, 4) is 0 Å². The van der Waals surface area contributed by atoms with Crippen LogP contribution in [0.2, 0.25) is 0 Å². The maximum absolute atomic E-state index is 11.7. The Labute approximate surface area is 110 Å². The molecule has 1 aliphatic carbocycles. The number of hydrogen-bond acceptors (Lipinski definition) is 4. The zero-order chi connectivity index (χ0) is 12.9. The first-order chi connectivity index (χ1) is 8.49. The van der Waals surface area contributed by atoms with Crippen LogP contribution in [0.4, 0.5) is 5.69 Å². The lowest BCUT2D eigenvalue weighted by atomic mass is 9.98. The minimum absolute atomic E-state index is 0.0405. The molecule has 1 aromatic carbocycles. The second kappa shape index (κ2) is 3.98. The standard InChI is InChI=1S/C13H17N3OS/c1-7-12(17)16-9-6-8(2-3-10(9)18-7)11(14)13(15)4-5-13/h2-3,6-7,11H,4-5,14-15H2,1H3,(H,16,17). The molecule has 96 valence electrons. The number of amides is 1. The third-order valence-electron chi connectivity index (χ3n) is 3.74. The van der Waals surface area contributed by atoms with Gasteiger partial charge in [0.15, 0.2) is 0 Å². The number of thioether (sulfide) groups is 1. The zero-order valence-electron chi connectivity index (χ0n) is 10.3. The fraction of sp³-hybridized carbons (Fsp3) is 0.462. The van der Waals surface area contributed by atoms with E-state index in [0.717, 1.165) is 29.0 Å². The van der Waals surface area contributed by atoms with Crippen molar-refractivity contribution in [2.24, 2.45) is 11.5 Å². The van der Waals surface area contributed by atoms with Gasteiger partial charge in [-0.15, -0.1) is 11.8 Å². The number of hydrogen-bond donors (Lipinski definition) is 3. The summed E-state index contributed by atoms with van der Waals surface area (Å²) in [5.74, 6) is 0.0482. The highest BCUT2D eigenvalue weighted by molar-refractivity contribution is 8.00. The molecule has 0 radical (unpaired) electrons. The van der Waals surface area contributed by atoms with Crippen molar-refractivity contribution >= 4 is 23.4 Å². The Morgan fingerprint density at radius 2 is 2.22 bits per heavy atom. The predicted molar refractivity (Wildman–Crippen MR) is 73.5 cm³/mol. The van der Waals surface area contributed by atoms with Crippen LogP contribution >= 0.6 is 11.8 Å². The second-order valence-corrected chi connectivity index (χ2v) is 6.60. The van der Waals surface area contributed by atoms with Crippen LogP contribution in [0.1, 0.15) is 31.4 Å². The molecule has 0 saturated heterocycles. The molecule has 2 aliphatic rings. The lowest BCUT2D eigenvalue weighted by Gasteiger charge is -2.24. The van der Waals surface area contributed by atoms with Crippen molar-refractivity contribution < 1.29 is 4.79 Å². The van der Waals surface area contributed by atoms with Crippen molar-refractivity contribution in [1.82, 2.24) is 0 Å². The maximum Gasteiger partial charge on any atom is 0.237 e. The fourth-order valence-electron chi connectivity index (χ4n) is 2.21. The number of anilines is 1. The van der Waals surface area contributed by atoms with Crippen molar-refractivity contribution in [2.75, 3.05) is 5.32 Å². The summed E-state index contributed by atoms with van der Waals surface area (Å²) in [6.45, 7) is 1.90. The van der Waals surface area contributed by atoms with E-state index < -0.39 is 0 Å². The SMILES string of the molecule is CC1Sc2ccc(C(N)C3(N)CC3)cc2NC1=O. The van der Waals surface area contributed by atoms with Crippen molar-refractivity contribution in [3.63, 3.8) is 0 Å². The van der Waals surface area contributed by atoms with E-state index in [-0.39, 0.29) is 22.7 Å². The quantitative estimate of drug-likeness (QED) is 0.757. The molecule has 1 fully saturated rings. The molecule has 18 heavy (non-hydrogen) atoms. The molecule has 4 nitrogen and oxygen atoms in total. The first-order valence-electron chi connectivity index (χ1n) is 6.15. The van der Waals surface area contributed by atoms with Crippen molar-refractivity contribution in [3.05, 3.63) is 23.8 Å². The highest BCUT2D eigenvalue weighted by Gasteiger charge is 2.44. The summed E-state index contributed by atoms with van der Waals surface area (Å²) in [7, 11) is 0. The van der Waals surface area contributed by atoms with E-state index in [1.165, 1.54) is 0 Å². The van der Waals surface area contributed by atoms with Crippen LogP contribution in [0.3, 0.4) is 0 Å². The van der Waals surface area contributed by atoms with Crippen molar-refractivity contribution in [2.45, 2.75) is 41.5 Å². The third-order valence-corrected chi connectivity index (χ3v) is 4.92. The van der Waals surface area contributed by atoms with Crippen LogP contribution in [0.25, 0.3) is 0 Å². The van der Waals surface area contributed by atoms with Crippen molar-refractivity contribution in [1.29, 1.82) is 0 Å². The number of fused-ring (bicyclic) bond motifs is 1. The molecule has 3 rings (SSSR count). The van der Waals surface area contributed by atoms with Crippen LogP contribution in [-0.4, -0.2) is 16.7 Å². The lowest BCUT2D eigenvalue weighted by Crippen LogP contribution is -2.36.